The number of amides is 1. The van der Waals surface area contributed by atoms with Crippen LogP contribution >= 0.6 is 0 Å². The summed E-state index contributed by atoms with van der Waals surface area (Å²) in [5, 5.41) is 3.15. The molecule has 0 aliphatic heterocycles. The van der Waals surface area contributed by atoms with Crippen LogP contribution in [0.1, 0.15) is 45.1 Å². The van der Waals surface area contributed by atoms with Crippen LogP contribution in [-0.2, 0) is 11.2 Å². The Labute approximate surface area is 127 Å². The summed E-state index contributed by atoms with van der Waals surface area (Å²) in [5.74, 6) is 0.818. The Kier molecular flexibility index (Phi) is 5.23. The van der Waals surface area contributed by atoms with Gasteiger partial charge < -0.3 is 15.8 Å². The Hall–Kier alpha value is -1.55. The summed E-state index contributed by atoms with van der Waals surface area (Å²) in [5.41, 5.74) is 6.60. The molecule has 2 rings (SSSR count). The molecule has 1 fully saturated rings. The molecule has 1 aliphatic rings. The fourth-order valence-electron chi connectivity index (χ4n) is 2.96. The second-order valence-electron chi connectivity index (χ2n) is 6.19. The maximum absolute atomic E-state index is 12.3. The Bertz CT molecular complexity index is 479. The third-order valence-corrected chi connectivity index (χ3v) is 4.04. The Balaban J connectivity index is 2.02. The summed E-state index contributed by atoms with van der Waals surface area (Å²) in [6, 6.07) is 7.72. The van der Waals surface area contributed by atoms with Crippen molar-refractivity contribution in [3.05, 3.63) is 29.8 Å². The number of benzene rings is 1. The highest BCUT2D eigenvalue weighted by Gasteiger charge is 2.33. The molecule has 21 heavy (non-hydrogen) atoms. The number of hydrogen-bond acceptors (Lipinski definition) is 3. The molecule has 4 nitrogen and oxygen atoms in total. The van der Waals surface area contributed by atoms with Gasteiger partial charge in [-0.3, -0.25) is 4.79 Å². The summed E-state index contributed by atoms with van der Waals surface area (Å²) < 4.78 is 5.76. The summed E-state index contributed by atoms with van der Waals surface area (Å²) in [4.78, 5) is 12.3. The Morgan fingerprint density at radius 3 is 2.62 bits per heavy atom. The minimum atomic E-state index is -0.190. The Morgan fingerprint density at radius 1 is 1.33 bits per heavy atom. The molecule has 0 heterocycles. The standard InChI is InChI=1S/C17H26N2O2/c1-13(2)21-15-8-4-3-7-14(15)11-16(20)19-17(12-18)9-5-6-10-17/h3-4,7-8,13H,5-6,9-12,18H2,1-2H3,(H,19,20). The van der Waals surface area contributed by atoms with Crippen LogP contribution in [0.15, 0.2) is 24.3 Å². The average molecular weight is 290 g/mol. The maximum atomic E-state index is 12.3. The second-order valence-corrected chi connectivity index (χ2v) is 6.19. The summed E-state index contributed by atoms with van der Waals surface area (Å²) in [7, 11) is 0. The lowest BCUT2D eigenvalue weighted by atomic mass is 9.97. The van der Waals surface area contributed by atoms with Gasteiger partial charge >= 0.3 is 0 Å². The Morgan fingerprint density at radius 2 is 2.00 bits per heavy atom. The van der Waals surface area contributed by atoms with Crippen molar-refractivity contribution in [2.45, 2.75) is 57.6 Å². The van der Waals surface area contributed by atoms with Gasteiger partial charge in [0, 0.05) is 12.1 Å². The van der Waals surface area contributed by atoms with Gasteiger partial charge in [-0.15, -0.1) is 0 Å². The first-order chi connectivity index (χ1) is 10.0. The van der Waals surface area contributed by atoms with Crippen molar-refractivity contribution in [3.63, 3.8) is 0 Å². The van der Waals surface area contributed by atoms with Gasteiger partial charge in [-0.05, 0) is 32.8 Å². The molecule has 0 radical (unpaired) electrons. The lowest BCUT2D eigenvalue weighted by molar-refractivity contribution is -0.122. The number of nitrogens with one attached hydrogen (secondary N) is 1. The van der Waals surface area contributed by atoms with Gasteiger partial charge in [-0.1, -0.05) is 31.0 Å². The number of ether oxygens (including phenoxy) is 1. The van der Waals surface area contributed by atoms with Crippen molar-refractivity contribution in [2.75, 3.05) is 6.54 Å². The van der Waals surface area contributed by atoms with Crippen molar-refractivity contribution in [2.24, 2.45) is 5.73 Å². The van der Waals surface area contributed by atoms with Crippen LogP contribution in [0, 0.1) is 0 Å². The minimum Gasteiger partial charge on any atom is -0.491 e. The SMILES string of the molecule is CC(C)Oc1ccccc1CC(=O)NC1(CN)CCCC1. The second kappa shape index (κ2) is 6.94. The molecular weight excluding hydrogens is 264 g/mol. The number of rotatable bonds is 6. The van der Waals surface area contributed by atoms with E-state index in [1.807, 2.05) is 38.1 Å². The molecule has 3 N–H and O–H groups in total. The first-order valence-electron chi connectivity index (χ1n) is 7.80. The van der Waals surface area contributed by atoms with E-state index in [-0.39, 0.29) is 17.6 Å². The highest BCUT2D eigenvalue weighted by atomic mass is 16.5. The van der Waals surface area contributed by atoms with E-state index in [2.05, 4.69) is 5.32 Å². The van der Waals surface area contributed by atoms with Crippen molar-refractivity contribution in [1.82, 2.24) is 5.32 Å². The van der Waals surface area contributed by atoms with Crippen molar-refractivity contribution in [1.29, 1.82) is 0 Å². The predicted octanol–water partition coefficient (Wildman–Crippen LogP) is 2.40. The van der Waals surface area contributed by atoms with E-state index < -0.39 is 0 Å². The van der Waals surface area contributed by atoms with E-state index in [4.69, 9.17) is 10.5 Å². The van der Waals surface area contributed by atoms with Crippen LogP contribution in [0.2, 0.25) is 0 Å². The zero-order valence-electron chi connectivity index (χ0n) is 13.0. The van der Waals surface area contributed by atoms with Gasteiger partial charge in [-0.25, -0.2) is 0 Å². The maximum Gasteiger partial charge on any atom is 0.225 e. The van der Waals surface area contributed by atoms with Crippen LogP contribution in [0.25, 0.3) is 0 Å². The summed E-state index contributed by atoms with van der Waals surface area (Å²) >= 11 is 0. The van der Waals surface area contributed by atoms with Crippen molar-refractivity contribution >= 4 is 5.91 Å². The van der Waals surface area contributed by atoms with Crippen LogP contribution in [-0.4, -0.2) is 24.1 Å². The third kappa shape index (κ3) is 4.21. The quantitative estimate of drug-likeness (QED) is 0.845. The van der Waals surface area contributed by atoms with Gasteiger partial charge in [0.2, 0.25) is 5.91 Å². The van der Waals surface area contributed by atoms with Gasteiger partial charge in [0.25, 0.3) is 0 Å². The number of carbonyl (C=O) groups excluding carboxylic acids is 1. The van der Waals surface area contributed by atoms with Gasteiger partial charge in [0.1, 0.15) is 5.75 Å². The fourth-order valence-corrected chi connectivity index (χ4v) is 2.96. The van der Waals surface area contributed by atoms with Gasteiger partial charge in [0.05, 0.1) is 18.1 Å². The topological polar surface area (TPSA) is 64.3 Å². The molecule has 0 bridgehead atoms. The van der Waals surface area contributed by atoms with Gasteiger partial charge in [0.15, 0.2) is 0 Å². The van der Waals surface area contributed by atoms with E-state index in [0.29, 0.717) is 13.0 Å². The van der Waals surface area contributed by atoms with E-state index >= 15 is 0 Å². The van der Waals surface area contributed by atoms with Crippen LogP contribution in [0.3, 0.4) is 0 Å². The van der Waals surface area contributed by atoms with Crippen molar-refractivity contribution < 1.29 is 9.53 Å². The zero-order chi connectivity index (χ0) is 15.3. The smallest absolute Gasteiger partial charge is 0.225 e. The molecule has 1 saturated carbocycles. The van der Waals surface area contributed by atoms with Crippen LogP contribution in [0.4, 0.5) is 0 Å². The van der Waals surface area contributed by atoms with Crippen LogP contribution in [0.5, 0.6) is 5.75 Å². The zero-order valence-corrected chi connectivity index (χ0v) is 13.0. The monoisotopic (exact) mass is 290 g/mol. The lowest BCUT2D eigenvalue weighted by Gasteiger charge is -2.29. The molecule has 0 atom stereocenters. The van der Waals surface area contributed by atoms with E-state index in [0.717, 1.165) is 37.0 Å². The molecular formula is C17H26N2O2. The number of nitrogens with two attached hydrogens (primary N) is 1. The molecule has 0 saturated heterocycles. The molecule has 1 aliphatic carbocycles. The normalized spacial score (nSPS) is 17.0. The first kappa shape index (κ1) is 15.8. The van der Waals surface area contributed by atoms with E-state index in [1.165, 1.54) is 0 Å². The molecule has 0 spiro atoms. The lowest BCUT2D eigenvalue weighted by Crippen LogP contribution is -2.52. The average Bonchev–Trinajstić information content (AvgIpc) is 2.89. The van der Waals surface area contributed by atoms with Gasteiger partial charge in [-0.2, -0.15) is 0 Å². The van der Waals surface area contributed by atoms with Crippen molar-refractivity contribution in [3.8, 4) is 5.75 Å². The third-order valence-electron chi connectivity index (χ3n) is 4.04. The molecule has 1 aromatic rings. The molecule has 1 aromatic carbocycles. The van der Waals surface area contributed by atoms with E-state index in [1.54, 1.807) is 0 Å². The highest BCUT2D eigenvalue weighted by Crippen LogP contribution is 2.29. The molecule has 116 valence electrons. The molecule has 0 unspecified atom stereocenters. The first-order valence-corrected chi connectivity index (χ1v) is 7.80. The number of hydrogen-bond donors (Lipinski definition) is 2. The predicted molar refractivity (Wildman–Crippen MR) is 84.3 cm³/mol. The number of para-hydroxylation sites is 1. The largest absolute Gasteiger partial charge is 0.491 e. The fraction of sp³-hybridized carbons (Fsp3) is 0.588. The van der Waals surface area contributed by atoms with Crippen LogP contribution < -0.4 is 15.8 Å². The number of carbonyl (C=O) groups is 1. The van der Waals surface area contributed by atoms with E-state index in [9.17, 15) is 4.79 Å². The summed E-state index contributed by atoms with van der Waals surface area (Å²) in [6.07, 6.45) is 4.69. The molecule has 4 heteroatoms. The highest BCUT2D eigenvalue weighted by molar-refractivity contribution is 5.80. The molecule has 0 aromatic heterocycles. The minimum absolute atomic E-state index is 0.0298. The summed E-state index contributed by atoms with van der Waals surface area (Å²) in [6.45, 7) is 4.49. The molecule has 1 amide bonds.